The van der Waals surface area contributed by atoms with E-state index in [-0.39, 0.29) is 5.56 Å². The molecule has 5 aromatic rings. The number of hydrogen-bond acceptors (Lipinski definition) is 5. The number of benzene rings is 1. The van der Waals surface area contributed by atoms with E-state index in [1.54, 1.807) is 6.20 Å². The number of aryl methyl sites for hydroxylation is 2. The van der Waals surface area contributed by atoms with E-state index in [0.717, 1.165) is 39.1 Å². The van der Waals surface area contributed by atoms with E-state index in [9.17, 15) is 4.79 Å². The molecule has 0 fully saturated rings. The highest BCUT2D eigenvalue weighted by atomic mass is 16.1. The highest BCUT2D eigenvalue weighted by Gasteiger charge is 2.13. The number of aromatic nitrogens is 5. The molecule has 0 atom stereocenters. The van der Waals surface area contributed by atoms with Crippen molar-refractivity contribution in [2.45, 2.75) is 13.8 Å². The molecule has 0 bridgehead atoms. The van der Waals surface area contributed by atoms with Crippen molar-refractivity contribution in [2.75, 3.05) is 5.32 Å². The van der Waals surface area contributed by atoms with Crippen molar-refractivity contribution in [2.24, 2.45) is 0 Å². The fourth-order valence-corrected chi connectivity index (χ4v) is 3.49. The first-order chi connectivity index (χ1) is 14.1. The molecular weight excluding hydrogens is 364 g/mol. The molecule has 0 saturated heterocycles. The Morgan fingerprint density at radius 3 is 2.72 bits per heavy atom. The maximum atomic E-state index is 12.5. The lowest BCUT2D eigenvalue weighted by atomic mass is 10.1. The van der Waals surface area contributed by atoms with Gasteiger partial charge in [0.05, 0.1) is 28.0 Å². The van der Waals surface area contributed by atoms with Crippen LogP contribution in [0, 0.1) is 13.8 Å². The van der Waals surface area contributed by atoms with Crippen LogP contribution >= 0.6 is 0 Å². The first-order valence-corrected chi connectivity index (χ1v) is 9.27. The molecule has 3 N–H and O–H groups in total. The minimum absolute atomic E-state index is 0.195. The van der Waals surface area contributed by atoms with Crippen LogP contribution in [0.1, 0.15) is 11.4 Å². The summed E-state index contributed by atoms with van der Waals surface area (Å²) >= 11 is 0. The molecule has 0 unspecified atom stereocenters. The zero-order valence-corrected chi connectivity index (χ0v) is 15.9. The van der Waals surface area contributed by atoms with E-state index in [2.05, 4.69) is 25.5 Å². The Balaban J connectivity index is 1.68. The number of H-pyrrole nitrogens is 2. The number of rotatable bonds is 3. The Bertz CT molecular complexity index is 1430. The lowest BCUT2D eigenvalue weighted by Gasteiger charge is -2.11. The van der Waals surface area contributed by atoms with Crippen LogP contribution in [-0.4, -0.2) is 25.1 Å². The maximum absolute atomic E-state index is 12.5. The molecule has 5 rings (SSSR count). The summed E-state index contributed by atoms with van der Waals surface area (Å²) in [5, 5.41) is 12.9. The zero-order chi connectivity index (χ0) is 20.0. The van der Waals surface area contributed by atoms with Gasteiger partial charge < -0.3 is 10.3 Å². The predicted octanol–water partition coefficient (Wildman–Crippen LogP) is 4.22. The average molecular weight is 382 g/mol. The van der Waals surface area contributed by atoms with E-state index in [1.165, 1.54) is 0 Å². The van der Waals surface area contributed by atoms with E-state index in [1.807, 2.05) is 62.4 Å². The first-order valence-electron chi connectivity index (χ1n) is 9.27. The van der Waals surface area contributed by atoms with Crippen molar-refractivity contribution < 1.29 is 0 Å². The Morgan fingerprint density at radius 2 is 1.86 bits per heavy atom. The minimum Gasteiger partial charge on any atom is -0.339 e. The summed E-state index contributed by atoms with van der Waals surface area (Å²) in [4.78, 5) is 24.6. The van der Waals surface area contributed by atoms with Gasteiger partial charge in [-0.3, -0.25) is 14.9 Å². The van der Waals surface area contributed by atoms with Gasteiger partial charge in [0.1, 0.15) is 5.82 Å². The fraction of sp³-hybridized carbons (Fsp3) is 0.0909. The van der Waals surface area contributed by atoms with E-state index < -0.39 is 0 Å². The smallest absolute Gasteiger partial charge is 0.259 e. The van der Waals surface area contributed by atoms with Crippen molar-refractivity contribution in [3.8, 4) is 11.4 Å². The molecule has 0 aliphatic carbocycles. The molecule has 0 aliphatic heterocycles. The molecule has 0 saturated carbocycles. The SMILES string of the molecule is Cc1cccc(-c2cc3cc[nH]c(=O)c3c(Nc3ccc4c(C)n[nH]c4c3)n2)n1. The van der Waals surface area contributed by atoms with Crippen molar-refractivity contribution in [3.63, 3.8) is 0 Å². The normalized spacial score (nSPS) is 11.2. The Labute approximate surface area is 165 Å². The maximum Gasteiger partial charge on any atom is 0.259 e. The Hall–Kier alpha value is -4.00. The van der Waals surface area contributed by atoms with Crippen LogP contribution < -0.4 is 10.9 Å². The molecule has 0 spiro atoms. The van der Waals surface area contributed by atoms with Crippen LogP contribution in [0.3, 0.4) is 0 Å². The van der Waals surface area contributed by atoms with Gasteiger partial charge in [-0.2, -0.15) is 5.10 Å². The third kappa shape index (κ3) is 3.02. The number of fused-ring (bicyclic) bond motifs is 2. The number of aromatic amines is 2. The Kier molecular flexibility index (Phi) is 3.87. The average Bonchev–Trinajstić information content (AvgIpc) is 3.08. The third-order valence-electron chi connectivity index (χ3n) is 4.92. The summed E-state index contributed by atoms with van der Waals surface area (Å²) in [5.41, 5.74) is 4.85. The molecule has 4 aromatic heterocycles. The minimum atomic E-state index is -0.195. The van der Waals surface area contributed by atoms with Crippen LogP contribution in [0.4, 0.5) is 11.5 Å². The monoisotopic (exact) mass is 382 g/mol. The highest BCUT2D eigenvalue weighted by molar-refractivity contribution is 5.95. The van der Waals surface area contributed by atoms with E-state index >= 15 is 0 Å². The van der Waals surface area contributed by atoms with Crippen molar-refractivity contribution in [3.05, 3.63) is 76.5 Å². The van der Waals surface area contributed by atoms with Gasteiger partial charge >= 0.3 is 0 Å². The number of anilines is 2. The molecule has 7 heteroatoms. The van der Waals surface area contributed by atoms with Gasteiger partial charge in [-0.1, -0.05) is 6.07 Å². The van der Waals surface area contributed by atoms with Crippen LogP contribution in [0.15, 0.2) is 59.5 Å². The van der Waals surface area contributed by atoms with Crippen LogP contribution in [0.25, 0.3) is 33.1 Å². The second-order valence-electron chi connectivity index (χ2n) is 6.99. The predicted molar refractivity (Wildman–Crippen MR) is 114 cm³/mol. The summed E-state index contributed by atoms with van der Waals surface area (Å²) in [6.07, 6.45) is 1.64. The molecule has 7 nitrogen and oxygen atoms in total. The number of hydrogen-bond donors (Lipinski definition) is 3. The standard InChI is InChI=1S/C22H18N6O/c1-12-4-3-5-17(24-12)19-10-14-8-9-23-22(29)20(14)21(26-19)25-15-6-7-16-13(2)27-28-18(16)11-15/h3-11H,1-2H3,(H,23,29)(H,25,26)(H,27,28). The second-order valence-corrected chi connectivity index (χ2v) is 6.99. The van der Waals surface area contributed by atoms with Crippen molar-refractivity contribution >= 4 is 33.2 Å². The van der Waals surface area contributed by atoms with Crippen LogP contribution in [0.5, 0.6) is 0 Å². The lowest BCUT2D eigenvalue weighted by molar-refractivity contribution is 1.07. The fourth-order valence-electron chi connectivity index (χ4n) is 3.49. The molecule has 0 amide bonds. The van der Waals surface area contributed by atoms with Crippen molar-refractivity contribution in [1.82, 2.24) is 25.1 Å². The molecule has 0 radical (unpaired) electrons. The summed E-state index contributed by atoms with van der Waals surface area (Å²) in [6.45, 7) is 3.90. The lowest BCUT2D eigenvalue weighted by Crippen LogP contribution is -2.09. The van der Waals surface area contributed by atoms with Gasteiger partial charge in [0.15, 0.2) is 0 Å². The molecule has 29 heavy (non-hydrogen) atoms. The zero-order valence-electron chi connectivity index (χ0n) is 15.9. The third-order valence-corrected chi connectivity index (χ3v) is 4.92. The van der Waals surface area contributed by atoms with Gasteiger partial charge in [0, 0.05) is 23.0 Å². The molecule has 142 valence electrons. The summed E-state index contributed by atoms with van der Waals surface area (Å²) in [6, 6.07) is 15.5. The van der Waals surface area contributed by atoms with Crippen molar-refractivity contribution in [1.29, 1.82) is 0 Å². The second kappa shape index (κ2) is 6.56. The molecule has 1 aromatic carbocycles. The largest absolute Gasteiger partial charge is 0.339 e. The Morgan fingerprint density at radius 1 is 0.966 bits per heavy atom. The van der Waals surface area contributed by atoms with Gasteiger partial charge in [0.25, 0.3) is 5.56 Å². The van der Waals surface area contributed by atoms with Gasteiger partial charge in [-0.05, 0) is 61.7 Å². The summed E-state index contributed by atoms with van der Waals surface area (Å²) in [7, 11) is 0. The van der Waals surface area contributed by atoms with E-state index in [4.69, 9.17) is 4.98 Å². The first kappa shape index (κ1) is 17.1. The molecular formula is C22H18N6O. The van der Waals surface area contributed by atoms with Gasteiger partial charge in [-0.25, -0.2) is 4.98 Å². The van der Waals surface area contributed by atoms with Crippen LogP contribution in [0.2, 0.25) is 0 Å². The van der Waals surface area contributed by atoms with Crippen LogP contribution in [-0.2, 0) is 0 Å². The quantitative estimate of drug-likeness (QED) is 0.434. The summed E-state index contributed by atoms with van der Waals surface area (Å²) in [5.74, 6) is 0.484. The molecule has 4 heterocycles. The van der Waals surface area contributed by atoms with Gasteiger partial charge in [-0.15, -0.1) is 0 Å². The number of nitrogens with one attached hydrogen (secondary N) is 3. The van der Waals surface area contributed by atoms with Gasteiger partial charge in [0.2, 0.25) is 0 Å². The number of nitrogens with zero attached hydrogens (tertiary/aromatic N) is 3. The molecule has 0 aliphatic rings. The topological polar surface area (TPSA) is 99.3 Å². The summed E-state index contributed by atoms with van der Waals surface area (Å²) < 4.78 is 0. The number of pyridine rings is 3. The highest BCUT2D eigenvalue weighted by Crippen LogP contribution is 2.28. The van der Waals surface area contributed by atoms with E-state index in [0.29, 0.717) is 16.9 Å².